The van der Waals surface area contributed by atoms with Crippen molar-refractivity contribution in [2.75, 3.05) is 0 Å². The highest BCUT2D eigenvalue weighted by Gasteiger charge is 2.49. The lowest BCUT2D eigenvalue weighted by Crippen LogP contribution is -2.14. The topological polar surface area (TPSA) is 37.3 Å². The van der Waals surface area contributed by atoms with Crippen LogP contribution in [0.3, 0.4) is 0 Å². The van der Waals surface area contributed by atoms with Crippen molar-refractivity contribution >= 4 is 5.97 Å². The molecular formula is C24H36O2. The van der Waals surface area contributed by atoms with Crippen molar-refractivity contribution in [1.82, 2.24) is 0 Å². The van der Waals surface area contributed by atoms with Crippen LogP contribution in [0, 0.1) is 17.8 Å². The fourth-order valence-electron chi connectivity index (χ4n) is 4.24. The first-order valence-electron chi connectivity index (χ1n) is 10.7. The van der Waals surface area contributed by atoms with Gasteiger partial charge in [0.15, 0.2) is 0 Å². The second kappa shape index (κ2) is 8.15. The number of rotatable bonds is 12. The Kier molecular flexibility index (Phi) is 6.10. The molecule has 0 radical (unpaired) electrons. The highest BCUT2D eigenvalue weighted by molar-refractivity contribution is 5.77. The maximum atomic E-state index is 11.2. The molecule has 0 heterocycles. The molecule has 2 heteroatoms. The Labute approximate surface area is 159 Å². The van der Waals surface area contributed by atoms with E-state index >= 15 is 0 Å². The Hall–Kier alpha value is -1.31. The molecule has 2 nitrogen and oxygen atoms in total. The fourth-order valence-corrected chi connectivity index (χ4v) is 4.24. The van der Waals surface area contributed by atoms with Crippen LogP contribution >= 0.6 is 0 Å². The lowest BCUT2D eigenvalue weighted by Gasteiger charge is -2.13. The summed E-state index contributed by atoms with van der Waals surface area (Å²) in [6.07, 6.45) is 15.4. The highest BCUT2D eigenvalue weighted by atomic mass is 16.4. The van der Waals surface area contributed by atoms with E-state index in [1.807, 2.05) is 0 Å². The van der Waals surface area contributed by atoms with E-state index in [1.165, 1.54) is 56.1 Å². The molecule has 1 aromatic carbocycles. The number of aryl methyl sites for hydroxylation is 3. The van der Waals surface area contributed by atoms with Crippen LogP contribution in [-0.2, 0) is 17.6 Å². The predicted octanol–water partition coefficient (Wildman–Crippen LogP) is 6.48. The van der Waals surface area contributed by atoms with Crippen molar-refractivity contribution in [2.45, 2.75) is 97.3 Å². The van der Waals surface area contributed by atoms with Crippen LogP contribution in [0.4, 0.5) is 0 Å². The molecule has 0 bridgehead atoms. The van der Waals surface area contributed by atoms with E-state index in [0.29, 0.717) is 5.41 Å². The average molecular weight is 357 g/mol. The molecule has 2 fully saturated rings. The summed E-state index contributed by atoms with van der Waals surface area (Å²) in [5.41, 5.74) is 4.78. The van der Waals surface area contributed by atoms with Gasteiger partial charge in [0.05, 0.1) is 5.41 Å². The molecule has 1 N–H and O–H groups in total. The quantitative estimate of drug-likeness (QED) is 0.435. The number of carboxylic acids is 1. The number of hydrogen-bond acceptors (Lipinski definition) is 1. The minimum Gasteiger partial charge on any atom is -0.481 e. The largest absolute Gasteiger partial charge is 0.481 e. The van der Waals surface area contributed by atoms with E-state index in [1.54, 1.807) is 5.56 Å². The highest BCUT2D eigenvalue weighted by Crippen LogP contribution is 2.50. The van der Waals surface area contributed by atoms with Crippen molar-refractivity contribution in [1.29, 1.82) is 0 Å². The van der Waals surface area contributed by atoms with Gasteiger partial charge in [-0.1, -0.05) is 49.9 Å². The molecule has 2 aliphatic carbocycles. The fraction of sp³-hybridized carbons (Fsp3) is 0.708. The Morgan fingerprint density at radius 2 is 1.58 bits per heavy atom. The maximum Gasteiger partial charge on any atom is 0.309 e. The lowest BCUT2D eigenvalue weighted by molar-refractivity contribution is -0.143. The summed E-state index contributed by atoms with van der Waals surface area (Å²) in [7, 11) is 0. The summed E-state index contributed by atoms with van der Waals surface area (Å²) in [5.74, 6) is -0.571. The van der Waals surface area contributed by atoms with Crippen LogP contribution < -0.4 is 0 Å². The van der Waals surface area contributed by atoms with E-state index in [0.717, 1.165) is 38.5 Å². The first kappa shape index (κ1) is 19.5. The Balaban J connectivity index is 1.39. The zero-order valence-corrected chi connectivity index (χ0v) is 16.8. The third kappa shape index (κ3) is 5.34. The molecule has 0 aromatic heterocycles. The van der Waals surface area contributed by atoms with Gasteiger partial charge in [0.1, 0.15) is 0 Å². The summed E-state index contributed by atoms with van der Waals surface area (Å²) in [4.78, 5) is 11.2. The van der Waals surface area contributed by atoms with Gasteiger partial charge in [0, 0.05) is 0 Å². The first-order valence-corrected chi connectivity index (χ1v) is 10.7. The number of benzene rings is 1. The van der Waals surface area contributed by atoms with Crippen LogP contribution in [0.15, 0.2) is 18.2 Å². The van der Waals surface area contributed by atoms with Gasteiger partial charge < -0.3 is 5.11 Å². The van der Waals surface area contributed by atoms with Gasteiger partial charge in [0.2, 0.25) is 0 Å². The van der Waals surface area contributed by atoms with E-state index in [2.05, 4.69) is 32.0 Å². The molecule has 2 aliphatic rings. The zero-order valence-electron chi connectivity index (χ0n) is 16.8. The van der Waals surface area contributed by atoms with Gasteiger partial charge >= 0.3 is 5.97 Å². The SMILES string of the molecule is Cc1ccc(CCCCC2(C)CC2)c(CCCCCC2(C(=O)O)CC2)c1. The van der Waals surface area contributed by atoms with Gasteiger partial charge in [-0.05, 0) is 87.7 Å². The van der Waals surface area contributed by atoms with Gasteiger partial charge in [0.25, 0.3) is 0 Å². The molecule has 1 aromatic rings. The van der Waals surface area contributed by atoms with Gasteiger partial charge in [-0.2, -0.15) is 0 Å². The zero-order chi connectivity index (χ0) is 18.6. The summed E-state index contributed by atoms with van der Waals surface area (Å²) >= 11 is 0. The molecule has 144 valence electrons. The normalized spacial score (nSPS) is 19.3. The Morgan fingerprint density at radius 1 is 0.923 bits per heavy atom. The van der Waals surface area contributed by atoms with Crippen LogP contribution in [0.2, 0.25) is 0 Å². The third-order valence-corrected chi connectivity index (χ3v) is 6.85. The average Bonchev–Trinajstić information content (AvgIpc) is 3.51. The number of carboxylic acid groups (broad SMARTS) is 1. The summed E-state index contributed by atoms with van der Waals surface area (Å²) in [6, 6.07) is 6.97. The summed E-state index contributed by atoms with van der Waals surface area (Å²) in [5, 5.41) is 9.26. The number of hydrogen-bond donors (Lipinski definition) is 1. The van der Waals surface area contributed by atoms with Crippen LogP contribution in [0.5, 0.6) is 0 Å². The number of unbranched alkanes of at least 4 members (excludes halogenated alkanes) is 3. The first-order chi connectivity index (χ1) is 12.4. The Bertz CT molecular complexity index is 623. The van der Waals surface area contributed by atoms with Crippen molar-refractivity contribution in [3.8, 4) is 0 Å². The van der Waals surface area contributed by atoms with E-state index in [9.17, 15) is 9.90 Å². The van der Waals surface area contributed by atoms with Crippen molar-refractivity contribution < 1.29 is 9.90 Å². The number of carbonyl (C=O) groups is 1. The van der Waals surface area contributed by atoms with Gasteiger partial charge in [-0.3, -0.25) is 4.79 Å². The molecule has 3 rings (SSSR count). The Morgan fingerprint density at radius 3 is 2.23 bits per heavy atom. The molecule has 26 heavy (non-hydrogen) atoms. The van der Waals surface area contributed by atoms with Gasteiger partial charge in [-0.15, -0.1) is 0 Å². The third-order valence-electron chi connectivity index (χ3n) is 6.85. The summed E-state index contributed by atoms with van der Waals surface area (Å²) < 4.78 is 0. The van der Waals surface area contributed by atoms with Crippen molar-refractivity contribution in [3.05, 3.63) is 34.9 Å². The molecule has 0 saturated heterocycles. The molecule has 0 aliphatic heterocycles. The van der Waals surface area contributed by atoms with Crippen molar-refractivity contribution in [3.63, 3.8) is 0 Å². The van der Waals surface area contributed by atoms with E-state index < -0.39 is 5.97 Å². The predicted molar refractivity (Wildman–Crippen MR) is 108 cm³/mol. The van der Waals surface area contributed by atoms with E-state index in [-0.39, 0.29) is 5.41 Å². The second-order valence-electron chi connectivity index (χ2n) is 9.44. The maximum absolute atomic E-state index is 11.2. The minimum absolute atomic E-state index is 0.341. The molecule has 0 amide bonds. The van der Waals surface area contributed by atoms with Crippen LogP contribution in [0.25, 0.3) is 0 Å². The lowest BCUT2D eigenvalue weighted by atomic mass is 9.93. The standard InChI is InChI=1S/C24H36O2/c1-19-10-11-20(8-5-7-12-23(2)14-15-23)21(18-19)9-4-3-6-13-24(16-17-24)22(25)26/h10-11,18H,3-9,12-17H2,1-2H3,(H,25,26). The minimum atomic E-state index is -0.571. The number of aliphatic carboxylic acids is 1. The second-order valence-corrected chi connectivity index (χ2v) is 9.44. The monoisotopic (exact) mass is 356 g/mol. The summed E-state index contributed by atoms with van der Waals surface area (Å²) in [6.45, 7) is 4.62. The molecule has 0 unspecified atom stereocenters. The van der Waals surface area contributed by atoms with Gasteiger partial charge in [-0.25, -0.2) is 0 Å². The molecule has 2 saturated carbocycles. The smallest absolute Gasteiger partial charge is 0.309 e. The molecule has 0 atom stereocenters. The van der Waals surface area contributed by atoms with E-state index in [4.69, 9.17) is 0 Å². The van der Waals surface area contributed by atoms with Crippen LogP contribution in [0.1, 0.15) is 94.2 Å². The van der Waals surface area contributed by atoms with Crippen molar-refractivity contribution in [2.24, 2.45) is 10.8 Å². The van der Waals surface area contributed by atoms with Crippen LogP contribution in [-0.4, -0.2) is 11.1 Å². The molecular weight excluding hydrogens is 320 g/mol. The molecule has 0 spiro atoms.